The fourth-order valence-corrected chi connectivity index (χ4v) is 2.96. The Bertz CT molecular complexity index is 1010. The summed E-state index contributed by atoms with van der Waals surface area (Å²) >= 11 is 0. The average molecular weight is 538 g/mol. The van der Waals surface area contributed by atoms with Crippen molar-refractivity contribution >= 4 is 29.9 Å². The maximum absolute atomic E-state index is 13.6. The van der Waals surface area contributed by atoms with Crippen LogP contribution in [0.5, 0.6) is 5.75 Å². The largest absolute Gasteiger partial charge is 0.497 e. The smallest absolute Gasteiger partial charge is 0.194 e. The summed E-state index contributed by atoms with van der Waals surface area (Å²) in [6, 6.07) is 14.4. The zero-order chi connectivity index (χ0) is 21.5. The standard InChI is InChI=1S/C22H27FN6O.HI/c1-16-26-27-21(29(16)3)14-25-22(24-13-17-8-10-20(30-4)11-9-17)28(2)15-18-6-5-7-19(23)12-18;/h5-12H,13-15H2,1-4H3,(H,24,25);1H. The SMILES string of the molecule is COc1ccc(CN=C(NCc2nnc(C)n2C)N(C)Cc2cccc(F)c2)cc1.I. The molecule has 1 heterocycles. The minimum atomic E-state index is -0.250. The zero-order valence-corrected chi connectivity index (χ0v) is 20.5. The number of aromatic nitrogens is 3. The van der Waals surface area contributed by atoms with Crippen molar-refractivity contribution in [1.29, 1.82) is 0 Å². The molecular formula is C22H28FIN6O. The highest BCUT2D eigenvalue weighted by molar-refractivity contribution is 14.0. The molecule has 3 aromatic rings. The van der Waals surface area contributed by atoms with Gasteiger partial charge in [0.15, 0.2) is 11.8 Å². The van der Waals surface area contributed by atoms with Crippen molar-refractivity contribution in [2.75, 3.05) is 14.2 Å². The summed E-state index contributed by atoms with van der Waals surface area (Å²) in [7, 11) is 5.49. The molecule has 0 aliphatic heterocycles. The molecule has 0 spiro atoms. The lowest BCUT2D eigenvalue weighted by atomic mass is 10.2. The van der Waals surface area contributed by atoms with E-state index in [0.717, 1.165) is 28.5 Å². The van der Waals surface area contributed by atoms with E-state index in [2.05, 4.69) is 15.5 Å². The number of rotatable bonds is 7. The number of aryl methyl sites for hydroxylation is 1. The van der Waals surface area contributed by atoms with Crippen LogP contribution < -0.4 is 10.1 Å². The van der Waals surface area contributed by atoms with Crippen LogP contribution in [0, 0.1) is 12.7 Å². The van der Waals surface area contributed by atoms with Gasteiger partial charge in [0.2, 0.25) is 0 Å². The Morgan fingerprint density at radius 3 is 2.52 bits per heavy atom. The Morgan fingerprint density at radius 1 is 1.16 bits per heavy atom. The molecule has 0 saturated carbocycles. The van der Waals surface area contributed by atoms with Crippen molar-refractivity contribution < 1.29 is 9.13 Å². The summed E-state index contributed by atoms with van der Waals surface area (Å²) in [6.45, 7) is 3.40. The predicted octanol–water partition coefficient (Wildman–Crippen LogP) is 3.67. The number of guanidine groups is 1. The predicted molar refractivity (Wildman–Crippen MR) is 130 cm³/mol. The second kappa shape index (κ2) is 11.6. The van der Waals surface area contributed by atoms with Gasteiger partial charge >= 0.3 is 0 Å². The summed E-state index contributed by atoms with van der Waals surface area (Å²) in [6.07, 6.45) is 0. The van der Waals surface area contributed by atoms with Gasteiger partial charge in [-0.25, -0.2) is 9.38 Å². The van der Waals surface area contributed by atoms with E-state index in [1.165, 1.54) is 12.1 Å². The maximum Gasteiger partial charge on any atom is 0.194 e. The molecule has 0 aliphatic carbocycles. The third-order valence-corrected chi connectivity index (χ3v) is 4.83. The number of hydrogen-bond donors (Lipinski definition) is 1. The molecule has 31 heavy (non-hydrogen) atoms. The second-order valence-corrected chi connectivity index (χ2v) is 7.05. The van der Waals surface area contributed by atoms with Crippen LogP contribution in [-0.2, 0) is 26.7 Å². The molecule has 1 aromatic heterocycles. The minimum Gasteiger partial charge on any atom is -0.497 e. The van der Waals surface area contributed by atoms with Gasteiger partial charge in [0.25, 0.3) is 0 Å². The second-order valence-electron chi connectivity index (χ2n) is 7.05. The van der Waals surface area contributed by atoms with Crippen molar-refractivity contribution in [3.05, 3.63) is 77.1 Å². The molecule has 7 nitrogen and oxygen atoms in total. The Kier molecular flexibility index (Phi) is 9.22. The van der Waals surface area contributed by atoms with Crippen LogP contribution in [0.25, 0.3) is 0 Å². The molecule has 3 rings (SSSR count). The highest BCUT2D eigenvalue weighted by Crippen LogP contribution is 2.12. The first-order valence-electron chi connectivity index (χ1n) is 9.68. The van der Waals surface area contributed by atoms with Crippen LogP contribution in [0.2, 0.25) is 0 Å². The van der Waals surface area contributed by atoms with Gasteiger partial charge in [0.05, 0.1) is 20.2 Å². The Balaban J connectivity index is 0.00000341. The van der Waals surface area contributed by atoms with E-state index in [0.29, 0.717) is 25.6 Å². The first-order valence-corrected chi connectivity index (χ1v) is 9.68. The molecule has 0 bridgehead atoms. The quantitative estimate of drug-likeness (QED) is 0.283. The molecule has 0 radical (unpaired) electrons. The maximum atomic E-state index is 13.6. The summed E-state index contributed by atoms with van der Waals surface area (Å²) in [5.41, 5.74) is 1.93. The van der Waals surface area contributed by atoms with Crippen LogP contribution in [0.1, 0.15) is 22.8 Å². The van der Waals surface area contributed by atoms with Gasteiger partial charge in [-0.1, -0.05) is 24.3 Å². The topological polar surface area (TPSA) is 67.6 Å². The third-order valence-electron chi connectivity index (χ3n) is 4.83. The van der Waals surface area contributed by atoms with Gasteiger partial charge in [-0.15, -0.1) is 34.2 Å². The highest BCUT2D eigenvalue weighted by Gasteiger charge is 2.11. The molecule has 0 saturated heterocycles. The number of nitrogens with one attached hydrogen (secondary N) is 1. The van der Waals surface area contributed by atoms with E-state index in [9.17, 15) is 4.39 Å². The number of nitrogens with zero attached hydrogens (tertiary/aromatic N) is 5. The van der Waals surface area contributed by atoms with E-state index >= 15 is 0 Å². The van der Waals surface area contributed by atoms with E-state index in [4.69, 9.17) is 9.73 Å². The first kappa shape index (κ1) is 24.6. The van der Waals surface area contributed by atoms with Crippen LogP contribution in [-0.4, -0.2) is 39.8 Å². The molecular weight excluding hydrogens is 510 g/mol. The van der Waals surface area contributed by atoms with Gasteiger partial charge in [-0.2, -0.15) is 0 Å². The molecule has 2 aromatic carbocycles. The van der Waals surface area contributed by atoms with Gasteiger partial charge in [0.1, 0.15) is 17.4 Å². The van der Waals surface area contributed by atoms with Gasteiger partial charge in [0, 0.05) is 20.6 Å². The molecule has 0 atom stereocenters. The Labute approximate surface area is 199 Å². The lowest BCUT2D eigenvalue weighted by Crippen LogP contribution is -2.38. The Hall–Kier alpha value is -2.69. The van der Waals surface area contributed by atoms with Crippen LogP contribution in [0.4, 0.5) is 4.39 Å². The zero-order valence-electron chi connectivity index (χ0n) is 18.2. The summed E-state index contributed by atoms with van der Waals surface area (Å²) < 4.78 is 20.7. The molecule has 0 fully saturated rings. The van der Waals surface area contributed by atoms with Gasteiger partial charge in [-0.05, 0) is 42.3 Å². The molecule has 0 unspecified atom stereocenters. The number of ether oxygens (including phenoxy) is 1. The monoisotopic (exact) mass is 538 g/mol. The summed E-state index contributed by atoms with van der Waals surface area (Å²) in [5.74, 6) is 2.90. The first-order chi connectivity index (χ1) is 14.5. The van der Waals surface area contributed by atoms with Crippen LogP contribution in [0.15, 0.2) is 53.5 Å². The molecule has 0 aliphatic rings. The van der Waals surface area contributed by atoms with Crippen molar-refractivity contribution in [3.8, 4) is 5.75 Å². The van der Waals surface area contributed by atoms with Crippen molar-refractivity contribution in [2.45, 2.75) is 26.6 Å². The van der Waals surface area contributed by atoms with E-state index in [1.54, 1.807) is 13.2 Å². The number of benzene rings is 2. The van der Waals surface area contributed by atoms with Crippen LogP contribution >= 0.6 is 24.0 Å². The third kappa shape index (κ3) is 6.91. The van der Waals surface area contributed by atoms with Crippen LogP contribution in [0.3, 0.4) is 0 Å². The number of halogens is 2. The van der Waals surface area contributed by atoms with E-state index in [-0.39, 0.29) is 29.8 Å². The van der Waals surface area contributed by atoms with Crippen molar-refractivity contribution in [1.82, 2.24) is 25.0 Å². The number of hydrogen-bond acceptors (Lipinski definition) is 4. The molecule has 166 valence electrons. The number of aliphatic imine (C=N–C) groups is 1. The van der Waals surface area contributed by atoms with Gasteiger partial charge in [-0.3, -0.25) is 0 Å². The van der Waals surface area contributed by atoms with E-state index in [1.807, 2.05) is 60.8 Å². The lowest BCUT2D eigenvalue weighted by molar-refractivity contribution is 0.414. The summed E-state index contributed by atoms with van der Waals surface area (Å²) in [5, 5.41) is 11.6. The normalized spacial score (nSPS) is 11.1. The highest BCUT2D eigenvalue weighted by atomic mass is 127. The summed E-state index contributed by atoms with van der Waals surface area (Å²) in [4.78, 5) is 6.72. The lowest BCUT2D eigenvalue weighted by Gasteiger charge is -2.22. The molecule has 0 amide bonds. The van der Waals surface area contributed by atoms with Crippen molar-refractivity contribution in [2.24, 2.45) is 12.0 Å². The minimum absolute atomic E-state index is 0. The molecule has 1 N–H and O–H groups in total. The average Bonchev–Trinajstić information content (AvgIpc) is 3.06. The van der Waals surface area contributed by atoms with E-state index < -0.39 is 0 Å². The molecule has 9 heteroatoms. The van der Waals surface area contributed by atoms with Gasteiger partial charge < -0.3 is 19.5 Å². The Morgan fingerprint density at radius 2 is 1.90 bits per heavy atom. The fraction of sp³-hybridized carbons (Fsp3) is 0.318. The fourth-order valence-electron chi connectivity index (χ4n) is 2.96. The number of methoxy groups -OCH3 is 1. The van der Waals surface area contributed by atoms with Crippen molar-refractivity contribution in [3.63, 3.8) is 0 Å².